The van der Waals surface area contributed by atoms with Crippen molar-refractivity contribution in [1.29, 1.82) is 0 Å². The number of amides is 1. The average Bonchev–Trinajstić information content (AvgIpc) is 2.37. The number of nitrogens with one attached hydrogen (secondary N) is 1. The SMILES string of the molecule is CC(C)(CCN)CCC(=O)NC1(C(=O)O)CCCCC1. The van der Waals surface area contributed by atoms with Crippen molar-refractivity contribution in [2.75, 3.05) is 6.54 Å². The second-order valence-corrected chi connectivity index (χ2v) is 6.70. The highest BCUT2D eigenvalue weighted by molar-refractivity contribution is 5.87. The van der Waals surface area contributed by atoms with Gasteiger partial charge in [-0.15, -0.1) is 0 Å². The van der Waals surface area contributed by atoms with E-state index in [-0.39, 0.29) is 11.3 Å². The molecular formula is C15H28N2O3. The molecule has 0 radical (unpaired) electrons. The topological polar surface area (TPSA) is 92.4 Å². The van der Waals surface area contributed by atoms with E-state index in [1.807, 2.05) is 0 Å². The first-order valence-electron chi connectivity index (χ1n) is 7.56. The third-order valence-electron chi connectivity index (χ3n) is 4.35. The maximum Gasteiger partial charge on any atom is 0.329 e. The zero-order chi connectivity index (χ0) is 15.2. The molecule has 0 aromatic carbocycles. The lowest BCUT2D eigenvalue weighted by molar-refractivity contribution is -0.149. The Morgan fingerprint density at radius 1 is 1.20 bits per heavy atom. The second kappa shape index (κ2) is 7.07. The van der Waals surface area contributed by atoms with Crippen LogP contribution < -0.4 is 11.1 Å². The maximum atomic E-state index is 12.1. The predicted octanol–water partition coefficient (Wildman–Crippen LogP) is 2.05. The molecule has 1 aliphatic rings. The minimum absolute atomic E-state index is 0.0229. The zero-order valence-electron chi connectivity index (χ0n) is 12.7. The lowest BCUT2D eigenvalue weighted by Gasteiger charge is -2.34. The molecule has 5 heteroatoms. The summed E-state index contributed by atoms with van der Waals surface area (Å²) >= 11 is 0. The molecule has 20 heavy (non-hydrogen) atoms. The van der Waals surface area contributed by atoms with Crippen molar-refractivity contribution in [1.82, 2.24) is 5.32 Å². The Morgan fingerprint density at radius 3 is 2.30 bits per heavy atom. The van der Waals surface area contributed by atoms with Crippen molar-refractivity contribution in [3.05, 3.63) is 0 Å². The van der Waals surface area contributed by atoms with Crippen LogP contribution in [0.25, 0.3) is 0 Å². The molecule has 1 fully saturated rings. The normalized spacial score (nSPS) is 18.6. The van der Waals surface area contributed by atoms with E-state index in [1.54, 1.807) is 0 Å². The van der Waals surface area contributed by atoms with Gasteiger partial charge in [0.15, 0.2) is 0 Å². The Kier molecular flexibility index (Phi) is 5.99. The molecule has 0 saturated heterocycles. The number of rotatable bonds is 7. The lowest BCUT2D eigenvalue weighted by Crippen LogP contribution is -2.55. The predicted molar refractivity (Wildman–Crippen MR) is 78.3 cm³/mol. The first kappa shape index (κ1) is 17.0. The van der Waals surface area contributed by atoms with E-state index in [1.165, 1.54) is 0 Å². The monoisotopic (exact) mass is 284 g/mol. The molecule has 1 saturated carbocycles. The van der Waals surface area contributed by atoms with Gasteiger partial charge in [-0.2, -0.15) is 0 Å². The Bertz CT molecular complexity index is 347. The quantitative estimate of drug-likeness (QED) is 0.667. The highest BCUT2D eigenvalue weighted by atomic mass is 16.4. The Labute approximate surface area is 121 Å². The lowest BCUT2D eigenvalue weighted by atomic mass is 9.81. The smallest absolute Gasteiger partial charge is 0.329 e. The van der Waals surface area contributed by atoms with Gasteiger partial charge in [-0.3, -0.25) is 4.79 Å². The first-order chi connectivity index (χ1) is 9.31. The van der Waals surface area contributed by atoms with Crippen LogP contribution in [0.5, 0.6) is 0 Å². The zero-order valence-corrected chi connectivity index (χ0v) is 12.7. The van der Waals surface area contributed by atoms with Crippen LogP contribution in [0.2, 0.25) is 0 Å². The molecule has 4 N–H and O–H groups in total. The van der Waals surface area contributed by atoms with E-state index in [0.29, 0.717) is 25.8 Å². The fourth-order valence-electron chi connectivity index (χ4n) is 2.84. The number of hydrogen-bond acceptors (Lipinski definition) is 3. The molecule has 5 nitrogen and oxygen atoms in total. The number of carbonyl (C=O) groups is 2. The minimum Gasteiger partial charge on any atom is -0.480 e. The Hall–Kier alpha value is -1.10. The third-order valence-corrected chi connectivity index (χ3v) is 4.35. The molecule has 1 aliphatic carbocycles. The van der Waals surface area contributed by atoms with Gasteiger partial charge in [0.1, 0.15) is 5.54 Å². The standard InChI is InChI=1S/C15H28N2O3/c1-14(2,10-11-16)9-6-12(18)17-15(13(19)20)7-4-3-5-8-15/h3-11,16H2,1-2H3,(H,17,18)(H,19,20). The van der Waals surface area contributed by atoms with Crippen molar-refractivity contribution in [3.8, 4) is 0 Å². The van der Waals surface area contributed by atoms with E-state index in [0.717, 1.165) is 32.1 Å². The summed E-state index contributed by atoms with van der Waals surface area (Å²) in [6.07, 6.45) is 5.82. The summed E-state index contributed by atoms with van der Waals surface area (Å²) in [5, 5.41) is 12.2. The van der Waals surface area contributed by atoms with Crippen LogP contribution in [0.15, 0.2) is 0 Å². The van der Waals surface area contributed by atoms with Gasteiger partial charge >= 0.3 is 5.97 Å². The fraction of sp³-hybridized carbons (Fsp3) is 0.867. The average molecular weight is 284 g/mol. The summed E-state index contributed by atoms with van der Waals surface area (Å²) < 4.78 is 0. The molecule has 0 aromatic heterocycles. The molecule has 0 aliphatic heterocycles. The Morgan fingerprint density at radius 2 is 1.80 bits per heavy atom. The molecule has 0 spiro atoms. The van der Waals surface area contributed by atoms with Crippen molar-refractivity contribution in [2.45, 2.75) is 70.8 Å². The van der Waals surface area contributed by atoms with Crippen LogP contribution >= 0.6 is 0 Å². The summed E-state index contributed by atoms with van der Waals surface area (Å²) in [5.41, 5.74) is 4.54. The van der Waals surface area contributed by atoms with Crippen LogP contribution in [-0.4, -0.2) is 29.1 Å². The molecule has 0 atom stereocenters. The summed E-state index contributed by atoms with van der Waals surface area (Å²) in [7, 11) is 0. The van der Waals surface area contributed by atoms with Gasteiger partial charge in [0.25, 0.3) is 0 Å². The fourth-order valence-corrected chi connectivity index (χ4v) is 2.84. The second-order valence-electron chi connectivity index (χ2n) is 6.70. The van der Waals surface area contributed by atoms with Crippen LogP contribution in [-0.2, 0) is 9.59 Å². The number of carboxylic acids is 1. The van der Waals surface area contributed by atoms with E-state index in [9.17, 15) is 14.7 Å². The van der Waals surface area contributed by atoms with Gasteiger partial charge in [-0.1, -0.05) is 33.1 Å². The Balaban J connectivity index is 2.53. The van der Waals surface area contributed by atoms with Gasteiger partial charge in [-0.25, -0.2) is 4.79 Å². The van der Waals surface area contributed by atoms with Crippen molar-refractivity contribution in [3.63, 3.8) is 0 Å². The summed E-state index contributed by atoms with van der Waals surface area (Å²) in [6.45, 7) is 4.77. The van der Waals surface area contributed by atoms with Crippen molar-refractivity contribution in [2.24, 2.45) is 11.1 Å². The molecule has 0 bridgehead atoms. The third kappa shape index (κ3) is 4.78. The highest BCUT2D eigenvalue weighted by Crippen LogP contribution is 2.30. The van der Waals surface area contributed by atoms with Crippen LogP contribution in [0.3, 0.4) is 0 Å². The van der Waals surface area contributed by atoms with E-state index < -0.39 is 11.5 Å². The van der Waals surface area contributed by atoms with Crippen molar-refractivity contribution < 1.29 is 14.7 Å². The molecule has 0 heterocycles. The van der Waals surface area contributed by atoms with Crippen LogP contribution in [0.1, 0.15) is 65.2 Å². The van der Waals surface area contributed by atoms with E-state index >= 15 is 0 Å². The van der Waals surface area contributed by atoms with Crippen LogP contribution in [0.4, 0.5) is 0 Å². The molecule has 0 aromatic rings. The van der Waals surface area contributed by atoms with Gasteiger partial charge in [0, 0.05) is 6.42 Å². The van der Waals surface area contributed by atoms with Gasteiger partial charge in [0.05, 0.1) is 0 Å². The largest absolute Gasteiger partial charge is 0.480 e. The van der Waals surface area contributed by atoms with Gasteiger partial charge in [-0.05, 0) is 37.6 Å². The number of carbonyl (C=O) groups excluding carboxylic acids is 1. The highest BCUT2D eigenvalue weighted by Gasteiger charge is 2.40. The summed E-state index contributed by atoms with van der Waals surface area (Å²) in [5.74, 6) is -1.05. The molecular weight excluding hydrogens is 256 g/mol. The molecule has 1 amide bonds. The maximum absolute atomic E-state index is 12.1. The number of hydrogen-bond donors (Lipinski definition) is 3. The number of nitrogens with two attached hydrogens (primary N) is 1. The summed E-state index contributed by atoms with van der Waals surface area (Å²) in [6, 6.07) is 0. The number of carboxylic acid groups (broad SMARTS) is 1. The molecule has 116 valence electrons. The molecule has 0 unspecified atom stereocenters. The summed E-state index contributed by atoms with van der Waals surface area (Å²) in [4.78, 5) is 23.6. The van der Waals surface area contributed by atoms with Crippen LogP contribution in [0, 0.1) is 5.41 Å². The minimum atomic E-state index is -1.03. The van der Waals surface area contributed by atoms with E-state index in [4.69, 9.17) is 5.73 Å². The van der Waals surface area contributed by atoms with Gasteiger partial charge < -0.3 is 16.2 Å². The first-order valence-corrected chi connectivity index (χ1v) is 7.56. The number of aliphatic carboxylic acids is 1. The molecule has 1 rings (SSSR count). The van der Waals surface area contributed by atoms with E-state index in [2.05, 4.69) is 19.2 Å². The van der Waals surface area contributed by atoms with Crippen molar-refractivity contribution >= 4 is 11.9 Å². The van der Waals surface area contributed by atoms with Gasteiger partial charge in [0.2, 0.25) is 5.91 Å².